The number of nitrogens with zero attached hydrogens (tertiary/aromatic N) is 3. The van der Waals surface area contributed by atoms with Crippen LogP contribution < -0.4 is 5.32 Å². The molecule has 128 valence electrons. The van der Waals surface area contributed by atoms with Crippen molar-refractivity contribution in [1.82, 2.24) is 20.1 Å². The summed E-state index contributed by atoms with van der Waals surface area (Å²) >= 11 is 0. The second kappa shape index (κ2) is 8.45. The highest BCUT2D eigenvalue weighted by atomic mass is 16.2. The van der Waals surface area contributed by atoms with Crippen LogP contribution in [0.25, 0.3) is 0 Å². The lowest BCUT2D eigenvalue weighted by atomic mass is 10.1. The van der Waals surface area contributed by atoms with Gasteiger partial charge < -0.3 is 15.1 Å². The average molecular weight is 326 g/mol. The highest BCUT2D eigenvalue weighted by molar-refractivity contribution is 5.74. The van der Waals surface area contributed by atoms with Crippen molar-refractivity contribution >= 4 is 6.03 Å². The van der Waals surface area contributed by atoms with Crippen molar-refractivity contribution in [2.75, 3.05) is 21.1 Å². The lowest BCUT2D eigenvalue weighted by Crippen LogP contribution is -2.38. The van der Waals surface area contributed by atoms with Gasteiger partial charge in [-0.1, -0.05) is 30.3 Å². The van der Waals surface area contributed by atoms with Crippen LogP contribution >= 0.6 is 0 Å². The van der Waals surface area contributed by atoms with E-state index in [2.05, 4.69) is 39.5 Å². The first-order valence-electron chi connectivity index (χ1n) is 8.11. The van der Waals surface area contributed by atoms with E-state index in [9.17, 15) is 4.79 Å². The van der Waals surface area contributed by atoms with Crippen molar-refractivity contribution < 1.29 is 4.79 Å². The monoisotopic (exact) mass is 326 g/mol. The summed E-state index contributed by atoms with van der Waals surface area (Å²) in [7, 11) is 5.88. The van der Waals surface area contributed by atoms with Gasteiger partial charge in [0.2, 0.25) is 0 Å². The normalized spacial score (nSPS) is 12.0. The minimum absolute atomic E-state index is 0.0753. The highest BCUT2D eigenvalue weighted by Gasteiger charge is 2.17. The first kappa shape index (κ1) is 17.9. The van der Waals surface area contributed by atoms with Crippen LogP contribution in [0.3, 0.4) is 0 Å². The Labute approximate surface area is 144 Å². The number of rotatable bonds is 6. The van der Waals surface area contributed by atoms with Crippen molar-refractivity contribution in [2.45, 2.75) is 26.1 Å². The van der Waals surface area contributed by atoms with Gasteiger partial charge in [-0.3, -0.25) is 4.98 Å². The molecule has 0 fully saturated rings. The van der Waals surface area contributed by atoms with Crippen molar-refractivity contribution in [2.24, 2.45) is 0 Å². The number of pyridine rings is 1. The van der Waals surface area contributed by atoms with Crippen LogP contribution in [0.5, 0.6) is 0 Å². The fraction of sp³-hybridized carbons (Fsp3) is 0.368. The minimum Gasteiger partial charge on any atom is -0.334 e. The largest absolute Gasteiger partial charge is 0.334 e. The van der Waals surface area contributed by atoms with Gasteiger partial charge >= 0.3 is 6.03 Å². The zero-order valence-corrected chi connectivity index (χ0v) is 14.9. The van der Waals surface area contributed by atoms with Crippen LogP contribution in [0.4, 0.5) is 4.79 Å². The summed E-state index contributed by atoms with van der Waals surface area (Å²) in [6, 6.07) is 13.9. The lowest BCUT2D eigenvalue weighted by Gasteiger charge is -2.24. The summed E-state index contributed by atoms with van der Waals surface area (Å²) in [4.78, 5) is 20.4. The second-order valence-electron chi connectivity index (χ2n) is 6.25. The van der Waals surface area contributed by atoms with Crippen LogP contribution in [-0.2, 0) is 13.1 Å². The maximum Gasteiger partial charge on any atom is 0.317 e. The van der Waals surface area contributed by atoms with Crippen molar-refractivity contribution in [3.63, 3.8) is 0 Å². The molecule has 2 rings (SSSR count). The van der Waals surface area contributed by atoms with Gasteiger partial charge in [-0.15, -0.1) is 0 Å². The van der Waals surface area contributed by atoms with E-state index in [0.29, 0.717) is 6.54 Å². The van der Waals surface area contributed by atoms with Gasteiger partial charge in [0.05, 0.1) is 11.7 Å². The molecule has 0 aliphatic heterocycles. The Morgan fingerprint density at radius 2 is 1.75 bits per heavy atom. The van der Waals surface area contributed by atoms with Crippen LogP contribution in [0, 0.1) is 0 Å². The van der Waals surface area contributed by atoms with Crippen molar-refractivity contribution in [3.8, 4) is 0 Å². The number of benzene rings is 1. The number of nitrogens with one attached hydrogen (secondary N) is 1. The molecule has 1 aromatic heterocycles. The predicted octanol–water partition coefficient (Wildman–Crippen LogP) is 3.05. The molecule has 0 saturated heterocycles. The van der Waals surface area contributed by atoms with E-state index in [1.165, 1.54) is 5.56 Å². The first-order valence-corrected chi connectivity index (χ1v) is 8.11. The third kappa shape index (κ3) is 5.06. The van der Waals surface area contributed by atoms with E-state index in [1.807, 2.05) is 39.2 Å². The third-order valence-electron chi connectivity index (χ3n) is 3.98. The molecule has 0 bridgehead atoms. The predicted molar refractivity (Wildman–Crippen MR) is 96.5 cm³/mol. The molecule has 0 spiro atoms. The maximum atomic E-state index is 12.3. The van der Waals surface area contributed by atoms with Gasteiger partial charge in [0.25, 0.3) is 0 Å². The van der Waals surface area contributed by atoms with Gasteiger partial charge in [0.1, 0.15) is 0 Å². The average Bonchev–Trinajstić information content (AvgIpc) is 2.60. The van der Waals surface area contributed by atoms with Gasteiger partial charge in [0.15, 0.2) is 0 Å². The molecule has 1 atom stereocenters. The van der Waals surface area contributed by atoms with Crippen LogP contribution in [0.2, 0.25) is 0 Å². The number of carbonyl (C=O) groups is 1. The number of amides is 2. The SMILES string of the molecule is CC(c1ccccn1)N(C)C(=O)NCc1ccc(CN(C)C)cc1. The smallest absolute Gasteiger partial charge is 0.317 e. The molecule has 1 N–H and O–H groups in total. The van der Waals surface area contributed by atoms with Gasteiger partial charge in [-0.05, 0) is 44.3 Å². The molecule has 5 nitrogen and oxygen atoms in total. The second-order valence-corrected chi connectivity index (χ2v) is 6.25. The number of hydrogen-bond donors (Lipinski definition) is 1. The Kier molecular flexibility index (Phi) is 6.32. The molecule has 1 heterocycles. The van der Waals surface area contributed by atoms with E-state index < -0.39 is 0 Å². The molecule has 2 amide bonds. The number of hydrogen-bond acceptors (Lipinski definition) is 3. The Balaban J connectivity index is 1.88. The Bertz CT molecular complexity index is 640. The first-order chi connectivity index (χ1) is 11.5. The molecule has 1 unspecified atom stereocenters. The Hall–Kier alpha value is -2.40. The zero-order valence-electron chi connectivity index (χ0n) is 14.9. The van der Waals surface area contributed by atoms with E-state index >= 15 is 0 Å². The molecule has 1 aromatic carbocycles. The fourth-order valence-corrected chi connectivity index (χ4v) is 2.43. The van der Waals surface area contributed by atoms with Crippen molar-refractivity contribution in [3.05, 3.63) is 65.5 Å². The topological polar surface area (TPSA) is 48.5 Å². The molecule has 0 saturated carbocycles. The summed E-state index contributed by atoms with van der Waals surface area (Å²) in [6.07, 6.45) is 1.74. The summed E-state index contributed by atoms with van der Waals surface area (Å²) in [6.45, 7) is 3.40. The number of carbonyl (C=O) groups excluding carboxylic acids is 1. The summed E-state index contributed by atoms with van der Waals surface area (Å²) in [5.41, 5.74) is 3.23. The highest BCUT2D eigenvalue weighted by Crippen LogP contribution is 2.15. The van der Waals surface area contributed by atoms with Crippen molar-refractivity contribution in [1.29, 1.82) is 0 Å². The maximum absolute atomic E-state index is 12.3. The molecule has 5 heteroatoms. The number of urea groups is 1. The lowest BCUT2D eigenvalue weighted by molar-refractivity contribution is 0.193. The zero-order chi connectivity index (χ0) is 17.5. The fourth-order valence-electron chi connectivity index (χ4n) is 2.43. The standard InChI is InChI=1S/C19H26N4O/c1-15(18-7-5-6-12-20-18)23(4)19(24)21-13-16-8-10-17(11-9-16)14-22(2)3/h5-12,15H,13-14H2,1-4H3,(H,21,24). The van der Waals surface area contributed by atoms with Crippen LogP contribution in [0.1, 0.15) is 29.8 Å². The molecule has 0 radical (unpaired) electrons. The third-order valence-corrected chi connectivity index (χ3v) is 3.98. The Morgan fingerprint density at radius 3 is 2.33 bits per heavy atom. The van der Waals surface area contributed by atoms with Gasteiger partial charge in [-0.25, -0.2) is 4.79 Å². The van der Waals surface area contributed by atoms with E-state index in [1.54, 1.807) is 18.1 Å². The van der Waals surface area contributed by atoms with Gasteiger partial charge in [-0.2, -0.15) is 0 Å². The van der Waals surface area contributed by atoms with E-state index in [0.717, 1.165) is 17.8 Å². The molecule has 0 aliphatic rings. The molecule has 2 aromatic rings. The number of aromatic nitrogens is 1. The summed E-state index contributed by atoms with van der Waals surface area (Å²) in [5.74, 6) is 0. The summed E-state index contributed by atoms with van der Waals surface area (Å²) < 4.78 is 0. The van der Waals surface area contributed by atoms with E-state index in [4.69, 9.17) is 0 Å². The molecular weight excluding hydrogens is 300 g/mol. The Morgan fingerprint density at radius 1 is 1.08 bits per heavy atom. The van der Waals surface area contributed by atoms with Crippen LogP contribution in [0.15, 0.2) is 48.7 Å². The quantitative estimate of drug-likeness (QED) is 0.887. The van der Waals surface area contributed by atoms with Gasteiger partial charge in [0, 0.05) is 26.3 Å². The molecule has 0 aliphatic carbocycles. The van der Waals surface area contributed by atoms with E-state index in [-0.39, 0.29) is 12.1 Å². The molecular formula is C19H26N4O. The molecule has 24 heavy (non-hydrogen) atoms. The minimum atomic E-state index is -0.106. The van der Waals surface area contributed by atoms with Crippen LogP contribution in [-0.4, -0.2) is 42.0 Å². The summed E-state index contributed by atoms with van der Waals surface area (Å²) in [5, 5.41) is 2.96.